The van der Waals surface area contributed by atoms with E-state index in [9.17, 15) is 9.18 Å². The highest BCUT2D eigenvalue weighted by Crippen LogP contribution is 2.14. The number of nitrogens with one attached hydrogen (secondary N) is 3. The average molecular weight is 372 g/mol. The zero-order valence-electron chi connectivity index (χ0n) is 15.5. The van der Waals surface area contributed by atoms with Crippen LogP contribution >= 0.6 is 0 Å². The van der Waals surface area contributed by atoms with Crippen molar-refractivity contribution >= 4 is 17.6 Å². The smallest absolute Gasteiger partial charge is 0.243 e. The van der Waals surface area contributed by atoms with Crippen molar-refractivity contribution in [3.8, 4) is 5.75 Å². The van der Waals surface area contributed by atoms with Crippen LogP contribution in [0.2, 0.25) is 0 Å². The monoisotopic (exact) mass is 372 g/mol. The highest BCUT2D eigenvalue weighted by Gasteiger charge is 2.11. The first-order valence-electron chi connectivity index (χ1n) is 8.82. The summed E-state index contributed by atoms with van der Waals surface area (Å²) in [7, 11) is 1.62. The van der Waals surface area contributed by atoms with Crippen molar-refractivity contribution in [2.45, 2.75) is 19.4 Å². The number of para-hydroxylation sites is 1. The maximum atomic E-state index is 13.3. The van der Waals surface area contributed by atoms with E-state index < -0.39 is 0 Å². The molecule has 144 valence electrons. The molecule has 0 bridgehead atoms. The van der Waals surface area contributed by atoms with E-state index in [0.717, 1.165) is 12.1 Å². The SMILES string of the molecule is CCC(CNC(=NC)NCC(=O)Nc1ccccc1)Oc1cccc(F)c1. The molecular formula is C20H25FN4O2. The van der Waals surface area contributed by atoms with E-state index in [2.05, 4.69) is 20.9 Å². The molecule has 2 aromatic carbocycles. The third-order valence-corrected chi connectivity index (χ3v) is 3.75. The molecule has 0 saturated carbocycles. The lowest BCUT2D eigenvalue weighted by Crippen LogP contribution is -2.44. The number of aliphatic imine (C=N–C) groups is 1. The maximum absolute atomic E-state index is 13.3. The molecule has 0 heterocycles. The molecule has 7 heteroatoms. The van der Waals surface area contributed by atoms with Gasteiger partial charge in [0.25, 0.3) is 0 Å². The highest BCUT2D eigenvalue weighted by molar-refractivity contribution is 5.94. The van der Waals surface area contributed by atoms with Gasteiger partial charge < -0.3 is 20.7 Å². The maximum Gasteiger partial charge on any atom is 0.243 e. The van der Waals surface area contributed by atoms with Crippen molar-refractivity contribution < 1.29 is 13.9 Å². The van der Waals surface area contributed by atoms with Crippen LogP contribution in [0.15, 0.2) is 59.6 Å². The van der Waals surface area contributed by atoms with Crippen LogP contribution in [0.4, 0.5) is 10.1 Å². The number of ether oxygens (including phenoxy) is 1. The summed E-state index contributed by atoms with van der Waals surface area (Å²) in [6.45, 7) is 2.53. The normalized spacial score (nSPS) is 12.2. The van der Waals surface area contributed by atoms with Crippen LogP contribution in [0.1, 0.15) is 13.3 Å². The number of amides is 1. The summed E-state index contributed by atoms with van der Waals surface area (Å²) >= 11 is 0. The first kappa shape index (κ1) is 20.2. The highest BCUT2D eigenvalue weighted by atomic mass is 19.1. The molecule has 0 aliphatic rings. The van der Waals surface area contributed by atoms with E-state index in [0.29, 0.717) is 18.3 Å². The molecule has 0 aliphatic carbocycles. The molecule has 1 amide bonds. The fourth-order valence-corrected chi connectivity index (χ4v) is 2.32. The van der Waals surface area contributed by atoms with Gasteiger partial charge in [-0.25, -0.2) is 4.39 Å². The first-order chi connectivity index (χ1) is 13.1. The van der Waals surface area contributed by atoms with Gasteiger partial charge in [0, 0.05) is 18.8 Å². The van der Waals surface area contributed by atoms with Crippen LogP contribution in [-0.2, 0) is 4.79 Å². The molecule has 6 nitrogen and oxygen atoms in total. The summed E-state index contributed by atoms with van der Waals surface area (Å²) in [5, 5.41) is 8.86. The number of rotatable bonds is 8. The predicted molar refractivity (Wildman–Crippen MR) is 106 cm³/mol. The number of carbonyl (C=O) groups is 1. The van der Waals surface area contributed by atoms with Gasteiger partial charge in [-0.1, -0.05) is 31.2 Å². The predicted octanol–water partition coefficient (Wildman–Crippen LogP) is 2.79. The standard InChI is InChI=1S/C20H25FN4O2/c1-3-17(27-18-11-7-8-15(21)12-18)13-23-20(22-2)24-14-19(26)25-16-9-5-4-6-10-16/h4-12,17H,3,13-14H2,1-2H3,(H,25,26)(H2,22,23,24). The Morgan fingerprint density at radius 3 is 2.59 bits per heavy atom. The number of nitrogens with zero attached hydrogens (tertiary/aromatic N) is 1. The molecular weight excluding hydrogens is 347 g/mol. The Hall–Kier alpha value is -3.09. The van der Waals surface area contributed by atoms with Gasteiger partial charge in [0.05, 0.1) is 13.1 Å². The number of carbonyl (C=O) groups excluding carboxylic acids is 1. The zero-order valence-corrected chi connectivity index (χ0v) is 15.5. The molecule has 2 rings (SSSR count). The lowest BCUT2D eigenvalue weighted by atomic mass is 10.2. The molecule has 27 heavy (non-hydrogen) atoms. The van der Waals surface area contributed by atoms with E-state index in [1.807, 2.05) is 37.3 Å². The van der Waals surface area contributed by atoms with Crippen LogP contribution in [0.5, 0.6) is 5.75 Å². The zero-order chi connectivity index (χ0) is 19.5. The van der Waals surface area contributed by atoms with Gasteiger partial charge in [-0.3, -0.25) is 9.79 Å². The second kappa shape index (κ2) is 10.8. The second-order valence-electron chi connectivity index (χ2n) is 5.83. The van der Waals surface area contributed by atoms with Crippen molar-refractivity contribution in [3.63, 3.8) is 0 Å². The van der Waals surface area contributed by atoms with E-state index >= 15 is 0 Å². The van der Waals surface area contributed by atoms with E-state index in [1.165, 1.54) is 12.1 Å². The van der Waals surface area contributed by atoms with Crippen LogP contribution in [0, 0.1) is 5.82 Å². The summed E-state index contributed by atoms with van der Waals surface area (Å²) in [5.41, 5.74) is 0.738. The Bertz CT molecular complexity index is 753. The van der Waals surface area contributed by atoms with Gasteiger partial charge in [-0.05, 0) is 30.7 Å². The Balaban J connectivity index is 1.77. The number of hydrogen-bond donors (Lipinski definition) is 3. The van der Waals surface area contributed by atoms with E-state index in [1.54, 1.807) is 19.2 Å². The fourth-order valence-electron chi connectivity index (χ4n) is 2.32. The number of guanidine groups is 1. The minimum Gasteiger partial charge on any atom is -0.489 e. The Morgan fingerprint density at radius 1 is 1.15 bits per heavy atom. The van der Waals surface area contributed by atoms with Gasteiger partial charge in [0.15, 0.2) is 5.96 Å². The summed E-state index contributed by atoms with van der Waals surface area (Å²) in [5.74, 6) is 0.456. The van der Waals surface area contributed by atoms with Crippen molar-refractivity contribution in [2.24, 2.45) is 4.99 Å². The van der Waals surface area contributed by atoms with Crippen LogP contribution in [0.25, 0.3) is 0 Å². The molecule has 0 spiro atoms. The molecule has 2 aromatic rings. The molecule has 0 radical (unpaired) electrons. The number of anilines is 1. The third kappa shape index (κ3) is 7.35. The summed E-state index contributed by atoms with van der Waals surface area (Å²) in [6, 6.07) is 15.3. The summed E-state index contributed by atoms with van der Waals surface area (Å²) in [6.07, 6.45) is 0.568. The minimum absolute atomic E-state index is 0.0795. The van der Waals surface area contributed by atoms with Crippen molar-refractivity contribution in [2.75, 3.05) is 25.5 Å². The number of hydrogen-bond acceptors (Lipinski definition) is 3. The lowest BCUT2D eigenvalue weighted by Gasteiger charge is -2.20. The Morgan fingerprint density at radius 2 is 1.93 bits per heavy atom. The Labute approximate surface area is 158 Å². The van der Waals surface area contributed by atoms with Gasteiger partial charge in [-0.15, -0.1) is 0 Å². The first-order valence-corrected chi connectivity index (χ1v) is 8.82. The molecule has 0 aliphatic heterocycles. The fraction of sp³-hybridized carbons (Fsp3) is 0.300. The van der Waals surface area contributed by atoms with Crippen molar-refractivity contribution in [3.05, 3.63) is 60.4 Å². The molecule has 0 fully saturated rings. The molecule has 1 unspecified atom stereocenters. The van der Waals surface area contributed by atoms with Crippen molar-refractivity contribution in [1.29, 1.82) is 0 Å². The molecule has 1 atom stereocenters. The molecule has 3 N–H and O–H groups in total. The molecule has 0 aromatic heterocycles. The largest absolute Gasteiger partial charge is 0.489 e. The number of halogens is 1. The molecule has 0 saturated heterocycles. The quantitative estimate of drug-likeness (QED) is 0.492. The van der Waals surface area contributed by atoms with Crippen LogP contribution in [-0.4, -0.2) is 38.1 Å². The van der Waals surface area contributed by atoms with Gasteiger partial charge in [-0.2, -0.15) is 0 Å². The average Bonchev–Trinajstić information content (AvgIpc) is 2.68. The van der Waals surface area contributed by atoms with Crippen molar-refractivity contribution in [1.82, 2.24) is 10.6 Å². The Kier molecular flexibility index (Phi) is 8.09. The lowest BCUT2D eigenvalue weighted by molar-refractivity contribution is -0.115. The van der Waals surface area contributed by atoms with Crippen LogP contribution < -0.4 is 20.7 Å². The van der Waals surface area contributed by atoms with E-state index in [-0.39, 0.29) is 24.4 Å². The van der Waals surface area contributed by atoms with Gasteiger partial charge >= 0.3 is 0 Å². The topological polar surface area (TPSA) is 74.8 Å². The summed E-state index contributed by atoms with van der Waals surface area (Å²) in [4.78, 5) is 16.1. The van der Waals surface area contributed by atoms with Gasteiger partial charge in [0.2, 0.25) is 5.91 Å². The van der Waals surface area contributed by atoms with E-state index in [4.69, 9.17) is 4.74 Å². The summed E-state index contributed by atoms with van der Waals surface area (Å²) < 4.78 is 19.0. The third-order valence-electron chi connectivity index (χ3n) is 3.75. The second-order valence-corrected chi connectivity index (χ2v) is 5.83. The number of benzene rings is 2. The minimum atomic E-state index is -0.336. The van der Waals surface area contributed by atoms with Crippen LogP contribution in [0.3, 0.4) is 0 Å². The van der Waals surface area contributed by atoms with Gasteiger partial charge in [0.1, 0.15) is 17.7 Å².